The number of piperidine rings is 1. The average molecular weight is 446 g/mol. The first kappa shape index (κ1) is 24.7. The molecule has 8 heteroatoms. The lowest BCUT2D eigenvalue weighted by atomic mass is 9.90. The Morgan fingerprint density at radius 1 is 1.18 bits per heavy atom. The van der Waals surface area contributed by atoms with Gasteiger partial charge >= 0.3 is 0 Å². The number of rotatable bonds is 6. The molecule has 0 unspecified atom stereocenters. The molecule has 1 fully saturated rings. The Morgan fingerprint density at radius 2 is 1.82 bits per heavy atom. The van der Waals surface area contributed by atoms with Gasteiger partial charge in [0.2, 0.25) is 0 Å². The van der Waals surface area contributed by atoms with E-state index in [0.717, 1.165) is 36.0 Å². The van der Waals surface area contributed by atoms with E-state index in [2.05, 4.69) is 22.5 Å². The van der Waals surface area contributed by atoms with Crippen LogP contribution in [0.1, 0.15) is 34.0 Å². The summed E-state index contributed by atoms with van der Waals surface area (Å²) in [5.41, 5.74) is 1.46. The molecule has 1 aromatic carbocycles. The number of benzene rings is 1. The third kappa shape index (κ3) is 6.08. The number of aromatic nitrogens is 1. The van der Waals surface area contributed by atoms with Gasteiger partial charge in [0.25, 0.3) is 5.91 Å². The van der Waals surface area contributed by atoms with E-state index < -0.39 is 5.60 Å². The van der Waals surface area contributed by atoms with Crippen molar-refractivity contribution in [1.82, 2.24) is 15.6 Å². The van der Waals surface area contributed by atoms with E-state index in [9.17, 15) is 4.79 Å². The Bertz CT molecular complexity index is 740. The topological polar surface area (TPSA) is 63.2 Å². The zero-order chi connectivity index (χ0) is 18.6. The molecule has 2 heterocycles. The molecule has 0 spiro atoms. The van der Waals surface area contributed by atoms with Crippen molar-refractivity contribution in [3.63, 3.8) is 0 Å². The average Bonchev–Trinajstić information content (AvgIpc) is 2.95. The molecule has 3 rings (SSSR count). The Hall–Kier alpha value is -1.34. The highest BCUT2D eigenvalue weighted by Crippen LogP contribution is 2.27. The summed E-state index contributed by atoms with van der Waals surface area (Å²) in [6.07, 6.45) is 2.09. The van der Waals surface area contributed by atoms with E-state index in [-0.39, 0.29) is 30.7 Å². The zero-order valence-electron chi connectivity index (χ0n) is 16.5. The van der Waals surface area contributed by atoms with Gasteiger partial charge in [-0.2, -0.15) is 0 Å². The Morgan fingerprint density at radius 3 is 2.39 bits per heavy atom. The number of amides is 1. The van der Waals surface area contributed by atoms with Crippen LogP contribution in [0.25, 0.3) is 0 Å². The standard InChI is InChI=1S/C20H27N3O2S.2ClH/c1-14-4-6-17(7-5-14)25-20(9-12-21-13-10-20)19(24)22-11-8-18-23-15(2)16(3)26-18;;/h4-7,21H,8-13H2,1-3H3,(H,22,24);2*1H. The molecule has 1 aromatic heterocycles. The fourth-order valence-corrected chi connectivity index (χ4v) is 4.06. The van der Waals surface area contributed by atoms with E-state index in [1.807, 2.05) is 38.1 Å². The van der Waals surface area contributed by atoms with Crippen LogP contribution in [0.15, 0.2) is 24.3 Å². The molecule has 1 aliphatic rings. The summed E-state index contributed by atoms with van der Waals surface area (Å²) in [4.78, 5) is 18.8. The molecule has 0 aliphatic carbocycles. The van der Waals surface area contributed by atoms with Crippen LogP contribution in [-0.4, -0.2) is 36.1 Å². The predicted molar refractivity (Wildman–Crippen MR) is 119 cm³/mol. The van der Waals surface area contributed by atoms with Crippen LogP contribution in [0.5, 0.6) is 5.75 Å². The van der Waals surface area contributed by atoms with Crippen molar-refractivity contribution in [1.29, 1.82) is 0 Å². The molecule has 156 valence electrons. The first-order valence-electron chi connectivity index (χ1n) is 9.16. The van der Waals surface area contributed by atoms with Crippen molar-refractivity contribution in [2.75, 3.05) is 19.6 Å². The highest BCUT2D eigenvalue weighted by atomic mass is 35.5. The fourth-order valence-electron chi connectivity index (χ4n) is 3.13. The van der Waals surface area contributed by atoms with Gasteiger partial charge in [-0.3, -0.25) is 4.79 Å². The van der Waals surface area contributed by atoms with E-state index in [1.165, 1.54) is 10.4 Å². The molecule has 2 N–H and O–H groups in total. The summed E-state index contributed by atoms with van der Waals surface area (Å²) in [6, 6.07) is 7.89. The lowest BCUT2D eigenvalue weighted by Crippen LogP contribution is -2.56. The molecule has 1 amide bonds. The molecule has 2 aromatic rings. The number of ether oxygens (including phenoxy) is 1. The maximum atomic E-state index is 13.0. The molecule has 28 heavy (non-hydrogen) atoms. The van der Waals surface area contributed by atoms with Crippen LogP contribution < -0.4 is 15.4 Å². The van der Waals surface area contributed by atoms with E-state index in [0.29, 0.717) is 19.4 Å². The molecule has 0 atom stereocenters. The SMILES string of the molecule is Cc1ccc(OC2(C(=O)NCCc3nc(C)c(C)s3)CCNCC2)cc1.Cl.Cl. The molecule has 0 saturated carbocycles. The van der Waals surface area contributed by atoms with Crippen LogP contribution in [0.4, 0.5) is 0 Å². The van der Waals surface area contributed by atoms with Crippen molar-refractivity contribution >= 4 is 42.1 Å². The minimum atomic E-state index is -0.796. The number of nitrogens with zero attached hydrogens (tertiary/aromatic N) is 1. The molecular formula is C20H29Cl2N3O2S. The van der Waals surface area contributed by atoms with Crippen molar-refractivity contribution in [2.45, 2.75) is 45.6 Å². The van der Waals surface area contributed by atoms with Gasteiger partial charge in [-0.25, -0.2) is 4.98 Å². The van der Waals surface area contributed by atoms with Gasteiger partial charge in [0.1, 0.15) is 5.75 Å². The second kappa shape index (κ2) is 11.0. The number of hydrogen-bond acceptors (Lipinski definition) is 5. The number of aryl methyl sites for hydroxylation is 3. The van der Waals surface area contributed by atoms with Crippen molar-refractivity contribution in [3.05, 3.63) is 45.4 Å². The van der Waals surface area contributed by atoms with Crippen molar-refractivity contribution in [2.24, 2.45) is 0 Å². The van der Waals surface area contributed by atoms with E-state index >= 15 is 0 Å². The summed E-state index contributed by atoms with van der Waals surface area (Å²) in [5.74, 6) is 0.725. The summed E-state index contributed by atoms with van der Waals surface area (Å²) >= 11 is 1.70. The number of carbonyl (C=O) groups is 1. The Labute approximate surface area is 183 Å². The smallest absolute Gasteiger partial charge is 0.264 e. The van der Waals surface area contributed by atoms with Crippen LogP contribution in [0, 0.1) is 20.8 Å². The number of hydrogen-bond donors (Lipinski definition) is 2. The summed E-state index contributed by atoms with van der Waals surface area (Å²) in [5, 5.41) is 7.46. The normalized spacial score (nSPS) is 15.1. The summed E-state index contributed by atoms with van der Waals surface area (Å²) in [7, 11) is 0. The summed E-state index contributed by atoms with van der Waals surface area (Å²) < 4.78 is 6.22. The van der Waals surface area contributed by atoms with Crippen molar-refractivity contribution < 1.29 is 9.53 Å². The monoisotopic (exact) mass is 445 g/mol. The number of halogens is 2. The lowest BCUT2D eigenvalue weighted by molar-refractivity contribution is -0.139. The first-order chi connectivity index (χ1) is 12.5. The molecule has 5 nitrogen and oxygen atoms in total. The van der Waals surface area contributed by atoms with Crippen LogP contribution in [0.2, 0.25) is 0 Å². The fraction of sp³-hybridized carbons (Fsp3) is 0.500. The minimum absolute atomic E-state index is 0. The van der Waals surface area contributed by atoms with Gasteiger partial charge in [-0.05, 0) is 46.0 Å². The van der Waals surface area contributed by atoms with E-state index in [1.54, 1.807) is 11.3 Å². The molecule has 1 saturated heterocycles. The molecular weight excluding hydrogens is 417 g/mol. The van der Waals surface area contributed by atoms with Gasteiger partial charge in [0.05, 0.1) is 10.7 Å². The van der Waals surface area contributed by atoms with Gasteiger partial charge in [0, 0.05) is 30.7 Å². The third-order valence-electron chi connectivity index (χ3n) is 4.86. The van der Waals surface area contributed by atoms with Gasteiger partial charge in [0.15, 0.2) is 5.60 Å². The maximum Gasteiger partial charge on any atom is 0.264 e. The zero-order valence-corrected chi connectivity index (χ0v) is 19.0. The van der Waals surface area contributed by atoms with Crippen LogP contribution in [-0.2, 0) is 11.2 Å². The molecule has 0 radical (unpaired) electrons. The molecule has 1 aliphatic heterocycles. The summed E-state index contributed by atoms with van der Waals surface area (Å²) in [6.45, 7) is 8.28. The maximum absolute atomic E-state index is 13.0. The number of thiazole rings is 1. The Kier molecular flexibility index (Phi) is 9.70. The van der Waals surface area contributed by atoms with Crippen molar-refractivity contribution in [3.8, 4) is 5.75 Å². The highest BCUT2D eigenvalue weighted by molar-refractivity contribution is 7.11. The Balaban J connectivity index is 0.00000196. The highest BCUT2D eigenvalue weighted by Gasteiger charge is 2.41. The second-order valence-corrected chi connectivity index (χ2v) is 8.20. The number of nitrogens with one attached hydrogen (secondary N) is 2. The van der Waals surface area contributed by atoms with Gasteiger partial charge in [-0.15, -0.1) is 36.2 Å². The lowest BCUT2D eigenvalue weighted by Gasteiger charge is -2.36. The van der Waals surface area contributed by atoms with Gasteiger partial charge in [-0.1, -0.05) is 17.7 Å². The minimum Gasteiger partial charge on any atom is -0.477 e. The predicted octanol–water partition coefficient (Wildman–Crippen LogP) is 3.77. The van der Waals surface area contributed by atoms with Gasteiger partial charge < -0.3 is 15.4 Å². The first-order valence-corrected chi connectivity index (χ1v) is 9.98. The van der Waals surface area contributed by atoms with Crippen LogP contribution in [0.3, 0.4) is 0 Å². The quantitative estimate of drug-likeness (QED) is 0.709. The van der Waals surface area contributed by atoms with Crippen LogP contribution >= 0.6 is 36.2 Å². The second-order valence-electron chi connectivity index (χ2n) is 6.91. The third-order valence-corrected chi connectivity index (χ3v) is 5.99. The number of carbonyl (C=O) groups excluding carboxylic acids is 1. The largest absolute Gasteiger partial charge is 0.477 e. The van der Waals surface area contributed by atoms with E-state index in [4.69, 9.17) is 4.74 Å². The molecule has 0 bridgehead atoms.